The fourth-order valence-electron chi connectivity index (χ4n) is 1.55. The van der Waals surface area contributed by atoms with E-state index in [0.717, 1.165) is 5.69 Å². The number of pyridine rings is 1. The van der Waals surface area contributed by atoms with Gasteiger partial charge in [-0.15, -0.1) is 0 Å². The predicted octanol–water partition coefficient (Wildman–Crippen LogP) is 3.31. The summed E-state index contributed by atoms with van der Waals surface area (Å²) in [6.45, 7) is 4.13. The number of nitrogens with zero attached hydrogens (tertiary/aromatic N) is 2. The van der Waals surface area contributed by atoms with Crippen molar-refractivity contribution < 1.29 is 0 Å². The molecule has 0 amide bonds. The summed E-state index contributed by atoms with van der Waals surface area (Å²) in [7, 11) is 0. The van der Waals surface area contributed by atoms with Crippen LogP contribution in [0.15, 0.2) is 36.5 Å². The van der Waals surface area contributed by atoms with E-state index in [1.165, 1.54) is 11.1 Å². The fourth-order valence-corrected chi connectivity index (χ4v) is 1.55. The Hall–Kier alpha value is -2.34. The molecule has 1 aromatic carbocycles. The van der Waals surface area contributed by atoms with Crippen LogP contribution in [0.4, 0.5) is 11.5 Å². The van der Waals surface area contributed by atoms with Crippen molar-refractivity contribution in [3.63, 3.8) is 0 Å². The van der Waals surface area contributed by atoms with Gasteiger partial charge < -0.3 is 5.32 Å². The molecule has 0 aliphatic rings. The Labute approximate surface area is 101 Å². The maximum Gasteiger partial charge on any atom is 0.148 e. The molecule has 1 heterocycles. The van der Waals surface area contributed by atoms with Gasteiger partial charge in [-0.1, -0.05) is 6.07 Å². The highest BCUT2D eigenvalue weighted by molar-refractivity contribution is 5.63. The Morgan fingerprint density at radius 2 is 2.00 bits per heavy atom. The Morgan fingerprint density at radius 3 is 2.71 bits per heavy atom. The summed E-state index contributed by atoms with van der Waals surface area (Å²) in [4.78, 5) is 4.16. The molecule has 84 valence electrons. The van der Waals surface area contributed by atoms with Gasteiger partial charge in [-0.05, 0) is 49.2 Å². The van der Waals surface area contributed by atoms with Crippen molar-refractivity contribution >= 4 is 11.5 Å². The first-order chi connectivity index (χ1) is 8.20. The van der Waals surface area contributed by atoms with Gasteiger partial charge in [0.25, 0.3) is 0 Å². The number of anilines is 2. The van der Waals surface area contributed by atoms with Crippen LogP contribution in [0.25, 0.3) is 0 Å². The third-order valence-electron chi connectivity index (χ3n) is 2.70. The molecule has 17 heavy (non-hydrogen) atoms. The normalized spacial score (nSPS) is 9.71. The van der Waals surface area contributed by atoms with Gasteiger partial charge in [0.15, 0.2) is 0 Å². The predicted molar refractivity (Wildman–Crippen MR) is 68.2 cm³/mol. The summed E-state index contributed by atoms with van der Waals surface area (Å²) in [5.74, 6) is 0.596. The number of hydrogen-bond acceptors (Lipinski definition) is 3. The van der Waals surface area contributed by atoms with Crippen molar-refractivity contribution in [2.24, 2.45) is 0 Å². The zero-order chi connectivity index (χ0) is 12.3. The Kier molecular flexibility index (Phi) is 3.06. The minimum atomic E-state index is 0.547. The molecule has 0 saturated heterocycles. The topological polar surface area (TPSA) is 48.7 Å². The highest BCUT2D eigenvalue weighted by atomic mass is 15.0. The van der Waals surface area contributed by atoms with Gasteiger partial charge in [-0.25, -0.2) is 4.98 Å². The summed E-state index contributed by atoms with van der Waals surface area (Å²) in [6, 6.07) is 11.7. The lowest BCUT2D eigenvalue weighted by Crippen LogP contribution is -1.97. The SMILES string of the molecule is Cc1ccc(Nc2ncccc2C#N)cc1C. The smallest absolute Gasteiger partial charge is 0.148 e. The molecule has 2 rings (SSSR count). The van der Waals surface area contributed by atoms with Crippen LogP contribution < -0.4 is 5.32 Å². The summed E-state index contributed by atoms with van der Waals surface area (Å²) < 4.78 is 0. The molecule has 0 spiro atoms. The summed E-state index contributed by atoms with van der Waals surface area (Å²) in [6.07, 6.45) is 1.67. The summed E-state index contributed by atoms with van der Waals surface area (Å²) >= 11 is 0. The van der Waals surface area contributed by atoms with Crippen molar-refractivity contribution in [1.82, 2.24) is 4.98 Å². The molecule has 0 saturated carbocycles. The molecule has 0 aliphatic carbocycles. The number of benzene rings is 1. The lowest BCUT2D eigenvalue weighted by atomic mass is 10.1. The lowest BCUT2D eigenvalue weighted by molar-refractivity contribution is 1.27. The molecule has 0 atom stereocenters. The molecule has 0 fully saturated rings. The first-order valence-electron chi connectivity index (χ1n) is 5.40. The largest absolute Gasteiger partial charge is 0.339 e. The van der Waals surface area contributed by atoms with E-state index >= 15 is 0 Å². The third kappa shape index (κ3) is 2.43. The maximum atomic E-state index is 8.97. The molecule has 0 unspecified atom stereocenters. The molecule has 2 aromatic rings. The first kappa shape index (κ1) is 11.2. The molecular weight excluding hydrogens is 210 g/mol. The second kappa shape index (κ2) is 4.67. The molecule has 0 aliphatic heterocycles. The third-order valence-corrected chi connectivity index (χ3v) is 2.70. The Balaban J connectivity index is 2.32. The zero-order valence-corrected chi connectivity index (χ0v) is 9.86. The lowest BCUT2D eigenvalue weighted by Gasteiger charge is -2.08. The van der Waals surface area contributed by atoms with Gasteiger partial charge in [0.05, 0.1) is 5.56 Å². The van der Waals surface area contributed by atoms with Crippen molar-refractivity contribution in [3.05, 3.63) is 53.2 Å². The van der Waals surface area contributed by atoms with Gasteiger partial charge in [-0.3, -0.25) is 0 Å². The number of aryl methyl sites for hydroxylation is 2. The highest BCUT2D eigenvalue weighted by Crippen LogP contribution is 2.20. The highest BCUT2D eigenvalue weighted by Gasteiger charge is 2.03. The van der Waals surface area contributed by atoms with Gasteiger partial charge in [0, 0.05) is 11.9 Å². The molecule has 0 bridgehead atoms. The quantitative estimate of drug-likeness (QED) is 0.849. The number of nitriles is 1. The van der Waals surface area contributed by atoms with Crippen molar-refractivity contribution in [2.75, 3.05) is 5.32 Å². The van der Waals surface area contributed by atoms with Crippen LogP contribution in [-0.4, -0.2) is 4.98 Å². The molecule has 1 N–H and O–H groups in total. The van der Waals surface area contributed by atoms with Crippen LogP contribution in [0.1, 0.15) is 16.7 Å². The number of aromatic nitrogens is 1. The van der Waals surface area contributed by atoms with E-state index in [0.29, 0.717) is 11.4 Å². The second-order valence-corrected chi connectivity index (χ2v) is 3.94. The van der Waals surface area contributed by atoms with Crippen molar-refractivity contribution in [2.45, 2.75) is 13.8 Å². The van der Waals surface area contributed by atoms with E-state index in [1.54, 1.807) is 18.3 Å². The summed E-state index contributed by atoms with van der Waals surface area (Å²) in [5, 5.41) is 12.1. The van der Waals surface area contributed by atoms with Crippen LogP contribution in [0.3, 0.4) is 0 Å². The van der Waals surface area contributed by atoms with Crippen molar-refractivity contribution in [1.29, 1.82) is 5.26 Å². The molecule has 3 heteroatoms. The number of nitrogens with one attached hydrogen (secondary N) is 1. The van der Waals surface area contributed by atoms with E-state index in [9.17, 15) is 0 Å². The van der Waals surface area contributed by atoms with Gasteiger partial charge in [-0.2, -0.15) is 5.26 Å². The standard InChI is InChI=1S/C14H13N3/c1-10-5-6-13(8-11(10)2)17-14-12(9-15)4-3-7-16-14/h3-8H,1-2H3,(H,16,17). The molecule has 3 nitrogen and oxygen atoms in total. The van der Waals surface area contributed by atoms with Gasteiger partial charge >= 0.3 is 0 Å². The fraction of sp³-hybridized carbons (Fsp3) is 0.143. The average Bonchev–Trinajstić information content (AvgIpc) is 2.34. The van der Waals surface area contributed by atoms with Crippen LogP contribution in [0, 0.1) is 25.2 Å². The van der Waals surface area contributed by atoms with E-state index in [-0.39, 0.29) is 0 Å². The van der Waals surface area contributed by atoms with E-state index < -0.39 is 0 Å². The summed E-state index contributed by atoms with van der Waals surface area (Å²) in [5.41, 5.74) is 3.95. The number of rotatable bonds is 2. The molecule has 1 aromatic heterocycles. The first-order valence-corrected chi connectivity index (χ1v) is 5.40. The minimum absolute atomic E-state index is 0.547. The minimum Gasteiger partial charge on any atom is -0.339 e. The van der Waals surface area contributed by atoms with E-state index in [2.05, 4.69) is 30.2 Å². The number of hydrogen-bond donors (Lipinski definition) is 1. The van der Waals surface area contributed by atoms with Crippen molar-refractivity contribution in [3.8, 4) is 6.07 Å². The van der Waals surface area contributed by atoms with E-state index in [1.807, 2.05) is 18.2 Å². The van der Waals surface area contributed by atoms with Crippen LogP contribution in [0.5, 0.6) is 0 Å². The second-order valence-electron chi connectivity index (χ2n) is 3.94. The monoisotopic (exact) mass is 223 g/mol. The zero-order valence-electron chi connectivity index (χ0n) is 9.86. The van der Waals surface area contributed by atoms with Gasteiger partial charge in [0.2, 0.25) is 0 Å². The molecular formula is C14H13N3. The van der Waals surface area contributed by atoms with E-state index in [4.69, 9.17) is 5.26 Å². The molecule has 0 radical (unpaired) electrons. The van der Waals surface area contributed by atoms with Crippen LogP contribution in [0.2, 0.25) is 0 Å². The van der Waals surface area contributed by atoms with Crippen LogP contribution >= 0.6 is 0 Å². The average molecular weight is 223 g/mol. The Morgan fingerprint density at radius 1 is 1.18 bits per heavy atom. The maximum absolute atomic E-state index is 8.97. The van der Waals surface area contributed by atoms with Crippen LogP contribution in [-0.2, 0) is 0 Å². The van der Waals surface area contributed by atoms with Gasteiger partial charge in [0.1, 0.15) is 11.9 Å². The Bertz CT molecular complexity index is 582.